The van der Waals surface area contributed by atoms with Gasteiger partial charge >= 0.3 is 5.97 Å². The third kappa shape index (κ3) is 1.95. The first-order valence-corrected chi connectivity index (χ1v) is 4.81. The second-order valence-corrected chi connectivity index (χ2v) is 4.28. The van der Waals surface area contributed by atoms with Crippen LogP contribution >= 0.6 is 0 Å². The zero-order valence-corrected chi connectivity index (χ0v) is 7.11. The zero-order valence-electron chi connectivity index (χ0n) is 6.30. The molecule has 1 aliphatic rings. The first kappa shape index (κ1) is 9.93. The van der Waals surface area contributed by atoms with Crippen LogP contribution in [0.15, 0.2) is 0 Å². The summed E-state index contributed by atoms with van der Waals surface area (Å²) in [6, 6.07) is -1.55. The fourth-order valence-electron chi connectivity index (χ4n) is 1.12. The molecule has 13 heavy (non-hydrogen) atoms. The van der Waals surface area contributed by atoms with E-state index in [1.165, 1.54) is 0 Å². The smallest absolute Gasteiger partial charge is 0.327 e. The normalized spacial score (nSPS) is 28.5. The fraction of sp³-hybridized carbons (Fsp3) is 0.600. The van der Waals surface area contributed by atoms with Crippen LogP contribution in [-0.2, 0) is 19.7 Å². The number of rotatable bonds is 2. The molecule has 3 N–H and O–H groups in total. The molecule has 0 aromatic heterocycles. The van der Waals surface area contributed by atoms with Gasteiger partial charge in [0.1, 0.15) is 11.3 Å². The zero-order chi connectivity index (χ0) is 10.2. The summed E-state index contributed by atoms with van der Waals surface area (Å²) < 4.78 is 29.8. The summed E-state index contributed by atoms with van der Waals surface area (Å²) in [6.07, 6.45) is -0.518. The molecule has 2 atom stereocenters. The molecule has 0 radical (unpaired) electrons. The molecule has 1 rings (SSSR count). The summed E-state index contributed by atoms with van der Waals surface area (Å²) >= 11 is 0. The monoisotopic (exact) mass is 209 g/mol. The minimum atomic E-state index is -4.49. The highest BCUT2D eigenvalue weighted by molar-refractivity contribution is 7.86. The van der Waals surface area contributed by atoms with Crippen LogP contribution in [0.25, 0.3) is 0 Å². The van der Waals surface area contributed by atoms with Gasteiger partial charge in [0, 0.05) is 6.42 Å². The van der Waals surface area contributed by atoms with Crippen LogP contribution in [0, 0.1) is 0 Å². The number of nitrogens with one attached hydrogen (secondary N) is 1. The first-order valence-electron chi connectivity index (χ1n) is 3.31. The molecule has 8 heteroatoms. The SMILES string of the molecule is O=C1CC(S(=O)(=O)O)[C@@H](C(=O)O)N1. The molecular weight excluding hydrogens is 202 g/mol. The molecule has 1 aliphatic heterocycles. The van der Waals surface area contributed by atoms with Crippen LogP contribution in [0.4, 0.5) is 0 Å². The Morgan fingerprint density at radius 3 is 2.38 bits per heavy atom. The predicted octanol–water partition coefficient (Wildman–Crippen LogP) is -1.78. The molecule has 0 aromatic rings. The van der Waals surface area contributed by atoms with Gasteiger partial charge in [0.05, 0.1) is 0 Å². The molecule has 74 valence electrons. The molecule has 7 nitrogen and oxygen atoms in total. The van der Waals surface area contributed by atoms with Gasteiger partial charge in [-0.25, -0.2) is 4.79 Å². The van der Waals surface area contributed by atoms with Crippen LogP contribution in [0.2, 0.25) is 0 Å². The highest BCUT2D eigenvalue weighted by atomic mass is 32.2. The first-order chi connectivity index (χ1) is 5.82. The second-order valence-electron chi connectivity index (χ2n) is 2.64. The number of hydrogen-bond donors (Lipinski definition) is 3. The maximum atomic E-state index is 10.7. The van der Waals surface area contributed by atoms with E-state index in [1.54, 1.807) is 0 Å². The number of aliphatic carboxylic acids is 1. The molecule has 0 aliphatic carbocycles. The van der Waals surface area contributed by atoms with Crippen molar-refractivity contribution in [2.45, 2.75) is 17.7 Å². The highest BCUT2D eigenvalue weighted by Gasteiger charge is 2.44. The quantitative estimate of drug-likeness (QED) is 0.462. The molecule has 1 unspecified atom stereocenters. The van der Waals surface area contributed by atoms with Crippen molar-refractivity contribution in [3.63, 3.8) is 0 Å². The third-order valence-corrected chi connectivity index (χ3v) is 2.93. The lowest BCUT2D eigenvalue weighted by atomic mass is 10.2. The van der Waals surface area contributed by atoms with Crippen LogP contribution < -0.4 is 5.32 Å². The Kier molecular flexibility index (Phi) is 2.26. The summed E-state index contributed by atoms with van der Waals surface area (Å²) in [5.74, 6) is -2.18. The van der Waals surface area contributed by atoms with Crippen molar-refractivity contribution in [2.24, 2.45) is 0 Å². The molecule has 1 heterocycles. The maximum Gasteiger partial charge on any atom is 0.327 e. The van der Waals surface area contributed by atoms with Crippen LogP contribution in [0.1, 0.15) is 6.42 Å². The summed E-state index contributed by atoms with van der Waals surface area (Å²) in [7, 11) is -4.49. The van der Waals surface area contributed by atoms with Crippen molar-refractivity contribution in [1.29, 1.82) is 0 Å². The number of carboxylic acids is 1. The van der Waals surface area contributed by atoms with Gasteiger partial charge in [-0.05, 0) is 0 Å². The van der Waals surface area contributed by atoms with E-state index in [9.17, 15) is 18.0 Å². The average Bonchev–Trinajstić information content (AvgIpc) is 2.29. The second kappa shape index (κ2) is 2.96. The van der Waals surface area contributed by atoms with E-state index < -0.39 is 39.7 Å². The molecule has 0 bridgehead atoms. The number of carboxylic acid groups (broad SMARTS) is 1. The van der Waals surface area contributed by atoms with E-state index in [0.29, 0.717) is 0 Å². The van der Waals surface area contributed by atoms with Crippen molar-refractivity contribution in [3.8, 4) is 0 Å². The van der Waals surface area contributed by atoms with Gasteiger partial charge in [-0.15, -0.1) is 0 Å². The van der Waals surface area contributed by atoms with Gasteiger partial charge in [-0.2, -0.15) is 8.42 Å². The summed E-state index contributed by atoms with van der Waals surface area (Å²) in [4.78, 5) is 21.1. The van der Waals surface area contributed by atoms with E-state index in [-0.39, 0.29) is 0 Å². The molecular formula is C5H7NO6S. The molecule has 0 spiro atoms. The lowest BCUT2D eigenvalue weighted by Gasteiger charge is -2.10. The molecule has 1 fully saturated rings. The number of amides is 1. The standard InChI is InChI=1S/C5H7NO6S/c7-3-1-2(13(10,11)12)4(6-3)5(8)9/h2,4H,1H2,(H,6,7)(H,8,9)(H,10,11,12)/t2?,4-/m0/s1. The van der Waals surface area contributed by atoms with Gasteiger partial charge in [0.2, 0.25) is 5.91 Å². The lowest BCUT2D eigenvalue weighted by Crippen LogP contribution is -2.42. The summed E-state index contributed by atoms with van der Waals surface area (Å²) in [6.45, 7) is 0. The predicted molar refractivity (Wildman–Crippen MR) is 39.5 cm³/mol. The largest absolute Gasteiger partial charge is 0.480 e. The van der Waals surface area contributed by atoms with Gasteiger partial charge < -0.3 is 10.4 Å². The van der Waals surface area contributed by atoms with Crippen molar-refractivity contribution in [1.82, 2.24) is 5.32 Å². The lowest BCUT2D eigenvalue weighted by molar-refractivity contribution is -0.140. The van der Waals surface area contributed by atoms with Crippen LogP contribution in [-0.4, -0.2) is 41.2 Å². The van der Waals surface area contributed by atoms with E-state index in [4.69, 9.17) is 9.66 Å². The Balaban J connectivity index is 2.97. The van der Waals surface area contributed by atoms with Gasteiger partial charge in [0.15, 0.2) is 0 Å². The molecule has 0 saturated carbocycles. The van der Waals surface area contributed by atoms with Gasteiger partial charge in [-0.1, -0.05) is 0 Å². The topological polar surface area (TPSA) is 121 Å². The van der Waals surface area contributed by atoms with Crippen molar-refractivity contribution < 1.29 is 27.7 Å². The Labute approximate surface area is 73.5 Å². The molecule has 1 amide bonds. The fourth-order valence-corrected chi connectivity index (χ4v) is 2.01. The van der Waals surface area contributed by atoms with E-state index in [2.05, 4.69) is 0 Å². The maximum absolute atomic E-state index is 10.7. The minimum absolute atomic E-state index is 0.518. The molecule has 1 saturated heterocycles. The third-order valence-electron chi connectivity index (χ3n) is 1.72. The Bertz CT molecular complexity index is 346. The Morgan fingerprint density at radius 1 is 1.54 bits per heavy atom. The number of carbonyl (C=O) groups excluding carboxylic acids is 1. The number of carbonyl (C=O) groups is 2. The Hall–Kier alpha value is -1.15. The minimum Gasteiger partial charge on any atom is -0.480 e. The molecule has 0 aromatic carbocycles. The van der Waals surface area contributed by atoms with Crippen LogP contribution in [0.5, 0.6) is 0 Å². The van der Waals surface area contributed by atoms with Crippen molar-refractivity contribution in [2.75, 3.05) is 0 Å². The van der Waals surface area contributed by atoms with Gasteiger partial charge in [-0.3, -0.25) is 9.35 Å². The van der Waals surface area contributed by atoms with Crippen molar-refractivity contribution in [3.05, 3.63) is 0 Å². The highest BCUT2D eigenvalue weighted by Crippen LogP contribution is 2.16. The summed E-state index contributed by atoms with van der Waals surface area (Å²) in [5, 5.41) is 8.82. The van der Waals surface area contributed by atoms with Crippen molar-refractivity contribution >= 4 is 22.0 Å². The number of hydrogen-bond acceptors (Lipinski definition) is 4. The van der Waals surface area contributed by atoms with Gasteiger partial charge in [0.25, 0.3) is 10.1 Å². The van der Waals surface area contributed by atoms with E-state index in [1.807, 2.05) is 5.32 Å². The van der Waals surface area contributed by atoms with Crippen LogP contribution in [0.3, 0.4) is 0 Å². The van der Waals surface area contributed by atoms with E-state index >= 15 is 0 Å². The summed E-state index contributed by atoms with van der Waals surface area (Å²) in [5.41, 5.74) is 0. The Morgan fingerprint density at radius 2 is 2.08 bits per heavy atom. The average molecular weight is 209 g/mol. The van der Waals surface area contributed by atoms with E-state index in [0.717, 1.165) is 0 Å².